The van der Waals surface area contributed by atoms with Gasteiger partial charge in [-0.15, -0.1) is 0 Å². The summed E-state index contributed by atoms with van der Waals surface area (Å²) < 4.78 is 8.83. The molecule has 2 N–H and O–H groups in total. The molecule has 9 heteroatoms. The number of carbonyl (C=O) groups is 3. The monoisotopic (exact) mass is 294 g/mol. The van der Waals surface area contributed by atoms with Crippen molar-refractivity contribution in [2.75, 3.05) is 26.7 Å². The van der Waals surface area contributed by atoms with E-state index in [1.54, 1.807) is 6.07 Å². The number of esters is 2. The molecule has 0 saturated heterocycles. The van der Waals surface area contributed by atoms with Crippen molar-refractivity contribution in [3.63, 3.8) is 0 Å². The van der Waals surface area contributed by atoms with Gasteiger partial charge in [0.2, 0.25) is 0 Å². The second kappa shape index (κ2) is 7.58. The molecule has 0 radical (unpaired) electrons. The lowest BCUT2D eigenvalue weighted by molar-refractivity contribution is -0.138. The Bertz CT molecular complexity index is 567. The van der Waals surface area contributed by atoms with Crippen LogP contribution < -0.4 is 10.7 Å². The van der Waals surface area contributed by atoms with Gasteiger partial charge >= 0.3 is 11.9 Å². The quantitative estimate of drug-likeness (QED) is 0.327. The summed E-state index contributed by atoms with van der Waals surface area (Å²) in [5.74, 6) is -2.40. The third-order valence-electron chi connectivity index (χ3n) is 2.30. The number of hydrogen-bond donors (Lipinski definition) is 2. The second-order valence-electron chi connectivity index (χ2n) is 3.53. The van der Waals surface area contributed by atoms with Crippen LogP contribution in [0.4, 0.5) is 5.69 Å². The highest BCUT2D eigenvalue weighted by Gasteiger charge is 2.22. The summed E-state index contributed by atoms with van der Waals surface area (Å²) >= 11 is 0. The lowest BCUT2D eigenvalue weighted by atomic mass is 10.3. The van der Waals surface area contributed by atoms with Crippen molar-refractivity contribution in [2.45, 2.75) is 0 Å². The zero-order chi connectivity index (χ0) is 15.8. The summed E-state index contributed by atoms with van der Waals surface area (Å²) in [7, 11) is 3.64. The molecule has 1 rings (SSSR count). The van der Waals surface area contributed by atoms with Gasteiger partial charge < -0.3 is 14.8 Å². The Kier molecular flexibility index (Phi) is 5.80. The number of pyridine rings is 1. The van der Waals surface area contributed by atoms with Crippen molar-refractivity contribution in [3.8, 4) is 0 Å². The van der Waals surface area contributed by atoms with Crippen molar-refractivity contribution in [1.29, 1.82) is 0 Å². The predicted octanol–water partition coefficient (Wildman–Crippen LogP) is -0.445. The van der Waals surface area contributed by atoms with Crippen LogP contribution in [0.5, 0.6) is 0 Å². The minimum absolute atomic E-state index is 0.0535. The fraction of sp³-hybridized carbons (Fsp3) is 0.250. The fourth-order valence-corrected chi connectivity index (χ4v) is 1.28. The first kappa shape index (κ1) is 16.1. The number of nitrogens with one attached hydrogen (secondary N) is 2. The summed E-state index contributed by atoms with van der Waals surface area (Å²) in [6.07, 6.45) is 1.42. The van der Waals surface area contributed by atoms with Crippen LogP contribution in [-0.2, 0) is 19.1 Å². The molecule has 9 nitrogen and oxygen atoms in total. The van der Waals surface area contributed by atoms with E-state index in [1.165, 1.54) is 19.3 Å². The summed E-state index contributed by atoms with van der Waals surface area (Å²) in [5, 5.41) is 6.01. The van der Waals surface area contributed by atoms with Crippen molar-refractivity contribution in [2.24, 2.45) is 5.10 Å². The van der Waals surface area contributed by atoms with Crippen LogP contribution in [0.1, 0.15) is 10.5 Å². The van der Waals surface area contributed by atoms with Crippen LogP contribution in [-0.4, -0.2) is 49.8 Å². The number of hydrogen-bond acceptors (Lipinski definition) is 8. The molecule has 0 atom stereocenters. The van der Waals surface area contributed by atoms with Crippen molar-refractivity contribution < 1.29 is 23.9 Å². The summed E-state index contributed by atoms with van der Waals surface area (Å²) in [6, 6.07) is 3.06. The summed E-state index contributed by atoms with van der Waals surface area (Å²) in [6.45, 7) is 0. The Morgan fingerprint density at radius 2 is 1.81 bits per heavy atom. The third-order valence-corrected chi connectivity index (χ3v) is 2.30. The maximum absolute atomic E-state index is 11.6. The Balaban J connectivity index is 3.09. The molecular formula is C12H14N4O5. The SMILES string of the molecule is CNC(=O)c1ncccc1NN=C(C(=O)OC)C(=O)OC. The topological polar surface area (TPSA) is 119 Å². The molecule has 0 bridgehead atoms. The van der Waals surface area contributed by atoms with Crippen LogP contribution in [0.25, 0.3) is 0 Å². The normalized spacial score (nSPS) is 9.29. The van der Waals surface area contributed by atoms with Gasteiger partial charge in [-0.05, 0) is 12.1 Å². The van der Waals surface area contributed by atoms with E-state index in [0.29, 0.717) is 0 Å². The molecule has 21 heavy (non-hydrogen) atoms. The van der Waals surface area contributed by atoms with E-state index in [9.17, 15) is 14.4 Å². The van der Waals surface area contributed by atoms with E-state index in [-0.39, 0.29) is 11.4 Å². The van der Waals surface area contributed by atoms with E-state index >= 15 is 0 Å². The number of ether oxygens (including phenoxy) is 2. The van der Waals surface area contributed by atoms with Gasteiger partial charge in [-0.3, -0.25) is 10.2 Å². The number of methoxy groups -OCH3 is 2. The van der Waals surface area contributed by atoms with E-state index in [2.05, 4.69) is 30.3 Å². The summed E-state index contributed by atoms with van der Waals surface area (Å²) in [4.78, 5) is 38.3. The molecule has 0 aliphatic rings. The summed E-state index contributed by atoms with van der Waals surface area (Å²) in [5.41, 5.74) is 2.09. The Morgan fingerprint density at radius 3 is 2.33 bits per heavy atom. The molecule has 0 spiro atoms. The number of aromatic nitrogens is 1. The van der Waals surface area contributed by atoms with Gasteiger partial charge in [0.1, 0.15) is 0 Å². The Hall–Kier alpha value is -2.97. The lowest BCUT2D eigenvalue weighted by Gasteiger charge is -2.07. The van der Waals surface area contributed by atoms with E-state index < -0.39 is 23.6 Å². The molecule has 1 aromatic heterocycles. The largest absolute Gasteiger partial charge is 0.464 e. The molecule has 0 saturated carbocycles. The third kappa shape index (κ3) is 4.00. The van der Waals surface area contributed by atoms with Crippen LogP contribution >= 0.6 is 0 Å². The molecule has 0 fully saturated rings. The van der Waals surface area contributed by atoms with E-state index in [4.69, 9.17) is 0 Å². The van der Waals surface area contributed by atoms with Crippen molar-refractivity contribution in [1.82, 2.24) is 10.3 Å². The first-order valence-corrected chi connectivity index (χ1v) is 5.72. The average molecular weight is 294 g/mol. The minimum Gasteiger partial charge on any atom is -0.464 e. The van der Waals surface area contributed by atoms with Crippen LogP contribution in [0.2, 0.25) is 0 Å². The fourth-order valence-electron chi connectivity index (χ4n) is 1.28. The Morgan fingerprint density at radius 1 is 1.19 bits per heavy atom. The first-order chi connectivity index (χ1) is 10.0. The highest BCUT2D eigenvalue weighted by atomic mass is 16.5. The maximum Gasteiger partial charge on any atom is 0.366 e. The highest BCUT2D eigenvalue weighted by molar-refractivity contribution is 6.62. The van der Waals surface area contributed by atoms with Gasteiger partial charge in [0.25, 0.3) is 11.6 Å². The Labute approximate surface area is 120 Å². The van der Waals surface area contributed by atoms with Gasteiger partial charge in [0, 0.05) is 13.2 Å². The van der Waals surface area contributed by atoms with Gasteiger partial charge in [-0.2, -0.15) is 5.10 Å². The van der Waals surface area contributed by atoms with Gasteiger partial charge in [-0.25, -0.2) is 14.6 Å². The van der Waals surface area contributed by atoms with E-state index in [1.807, 2.05) is 0 Å². The highest BCUT2D eigenvalue weighted by Crippen LogP contribution is 2.12. The standard InChI is InChI=1S/C12H14N4O5/c1-13-10(17)8-7(5-4-6-14-8)15-16-9(11(18)20-2)12(19)21-3/h4-6,15H,1-3H3,(H,13,17). The number of carbonyl (C=O) groups excluding carboxylic acids is 3. The van der Waals surface area contributed by atoms with Crippen LogP contribution in [0.3, 0.4) is 0 Å². The smallest absolute Gasteiger partial charge is 0.366 e. The number of hydrazone groups is 1. The zero-order valence-corrected chi connectivity index (χ0v) is 11.7. The number of nitrogens with zero attached hydrogens (tertiary/aromatic N) is 2. The lowest BCUT2D eigenvalue weighted by Crippen LogP contribution is -2.28. The van der Waals surface area contributed by atoms with Crippen LogP contribution in [0, 0.1) is 0 Å². The maximum atomic E-state index is 11.6. The van der Waals surface area contributed by atoms with Gasteiger partial charge in [0.05, 0.1) is 19.9 Å². The average Bonchev–Trinajstić information content (AvgIpc) is 2.53. The minimum atomic E-state index is -0.972. The number of amides is 1. The number of anilines is 1. The first-order valence-electron chi connectivity index (χ1n) is 5.72. The molecular weight excluding hydrogens is 280 g/mol. The second-order valence-corrected chi connectivity index (χ2v) is 3.53. The van der Waals surface area contributed by atoms with Crippen molar-refractivity contribution in [3.05, 3.63) is 24.0 Å². The molecule has 0 unspecified atom stereocenters. The van der Waals surface area contributed by atoms with Crippen LogP contribution in [0.15, 0.2) is 23.4 Å². The predicted molar refractivity (Wildman–Crippen MR) is 72.7 cm³/mol. The molecule has 112 valence electrons. The zero-order valence-electron chi connectivity index (χ0n) is 11.7. The molecule has 1 aromatic rings. The van der Waals surface area contributed by atoms with Crippen molar-refractivity contribution >= 4 is 29.2 Å². The molecule has 0 aromatic carbocycles. The molecule has 0 aliphatic heterocycles. The van der Waals surface area contributed by atoms with Gasteiger partial charge in [0.15, 0.2) is 5.69 Å². The van der Waals surface area contributed by atoms with E-state index in [0.717, 1.165) is 14.2 Å². The van der Waals surface area contributed by atoms with Gasteiger partial charge in [-0.1, -0.05) is 0 Å². The molecule has 1 amide bonds. The molecule has 0 aliphatic carbocycles. The molecule has 1 heterocycles. The number of rotatable bonds is 5.